The zero-order chi connectivity index (χ0) is 15.2. The van der Waals surface area contributed by atoms with E-state index in [1.54, 1.807) is 18.2 Å². The smallest absolute Gasteiger partial charge is 0.265 e. The van der Waals surface area contributed by atoms with Crippen LogP contribution < -0.4 is 16.0 Å². The normalized spacial score (nSPS) is 14.5. The van der Waals surface area contributed by atoms with Crippen molar-refractivity contribution in [2.75, 3.05) is 19.7 Å². The summed E-state index contributed by atoms with van der Waals surface area (Å²) in [7, 11) is 0. The molecule has 1 aliphatic rings. The molecule has 2 rings (SSSR count). The molecule has 0 aliphatic heterocycles. The topological polar surface area (TPSA) is 67.6 Å². The molecule has 5 heteroatoms. The summed E-state index contributed by atoms with van der Waals surface area (Å²) < 4.78 is 5.77. The van der Waals surface area contributed by atoms with Gasteiger partial charge in [-0.3, -0.25) is 15.1 Å². The van der Waals surface area contributed by atoms with Gasteiger partial charge in [0.2, 0.25) is 0 Å². The Kier molecular flexibility index (Phi) is 5.59. The number of nitrogens with two attached hydrogens (primary N) is 1. The molecule has 116 valence electrons. The second kappa shape index (κ2) is 7.43. The van der Waals surface area contributed by atoms with Crippen LogP contribution in [0.15, 0.2) is 24.3 Å². The van der Waals surface area contributed by atoms with Crippen LogP contribution in [0.4, 0.5) is 0 Å². The van der Waals surface area contributed by atoms with Gasteiger partial charge in [-0.1, -0.05) is 19.9 Å². The van der Waals surface area contributed by atoms with Gasteiger partial charge in [0.15, 0.2) is 0 Å². The standard InChI is InChI=1S/C16H25N3O2/c1-12(2)11-19(14-6-7-14)8-9-21-15-5-3-4-13(10-15)16(20)18-17/h3-5,10,12,14H,6-9,11,17H2,1-2H3,(H,18,20). The van der Waals surface area contributed by atoms with Crippen molar-refractivity contribution in [3.63, 3.8) is 0 Å². The number of benzene rings is 1. The van der Waals surface area contributed by atoms with Crippen molar-refractivity contribution < 1.29 is 9.53 Å². The first kappa shape index (κ1) is 15.8. The van der Waals surface area contributed by atoms with E-state index in [2.05, 4.69) is 24.2 Å². The molecule has 21 heavy (non-hydrogen) atoms. The Bertz CT molecular complexity index is 472. The fraction of sp³-hybridized carbons (Fsp3) is 0.562. The Hall–Kier alpha value is -1.59. The monoisotopic (exact) mass is 291 g/mol. The number of rotatable bonds is 8. The van der Waals surface area contributed by atoms with E-state index in [4.69, 9.17) is 10.6 Å². The molecule has 1 saturated carbocycles. The third kappa shape index (κ3) is 5.02. The Morgan fingerprint density at radius 1 is 1.48 bits per heavy atom. The van der Waals surface area contributed by atoms with Crippen molar-refractivity contribution in [1.29, 1.82) is 0 Å². The molecule has 0 aromatic heterocycles. The lowest BCUT2D eigenvalue weighted by atomic mass is 10.2. The van der Waals surface area contributed by atoms with Crippen LogP contribution in [0.2, 0.25) is 0 Å². The number of nitrogens with zero attached hydrogens (tertiary/aromatic N) is 1. The molecule has 0 bridgehead atoms. The van der Waals surface area contributed by atoms with Gasteiger partial charge in [0, 0.05) is 24.7 Å². The van der Waals surface area contributed by atoms with E-state index in [0.29, 0.717) is 23.8 Å². The highest BCUT2D eigenvalue weighted by atomic mass is 16.5. The first-order chi connectivity index (χ1) is 10.1. The van der Waals surface area contributed by atoms with Crippen LogP contribution in [0.3, 0.4) is 0 Å². The minimum absolute atomic E-state index is 0.306. The van der Waals surface area contributed by atoms with E-state index in [-0.39, 0.29) is 5.91 Å². The minimum atomic E-state index is -0.306. The second-order valence-corrected chi connectivity index (χ2v) is 5.97. The molecule has 1 fully saturated rings. The molecular formula is C16H25N3O2. The van der Waals surface area contributed by atoms with Gasteiger partial charge in [0.05, 0.1) is 0 Å². The number of ether oxygens (including phenoxy) is 1. The number of hydrogen-bond donors (Lipinski definition) is 2. The zero-order valence-electron chi connectivity index (χ0n) is 12.8. The summed E-state index contributed by atoms with van der Waals surface area (Å²) in [6.07, 6.45) is 2.61. The SMILES string of the molecule is CC(C)CN(CCOc1cccc(C(=O)NN)c1)C1CC1. The number of carbonyl (C=O) groups is 1. The molecule has 0 unspecified atom stereocenters. The summed E-state index contributed by atoms with van der Waals surface area (Å²) in [5.41, 5.74) is 2.64. The number of nitrogens with one attached hydrogen (secondary N) is 1. The van der Waals surface area contributed by atoms with E-state index in [1.807, 2.05) is 6.07 Å². The molecule has 1 aromatic carbocycles. The predicted octanol–water partition coefficient (Wildman–Crippen LogP) is 1.79. The van der Waals surface area contributed by atoms with E-state index in [0.717, 1.165) is 19.1 Å². The molecule has 1 aromatic rings. The fourth-order valence-electron chi connectivity index (χ4n) is 2.42. The maximum atomic E-state index is 11.5. The van der Waals surface area contributed by atoms with E-state index < -0.39 is 0 Å². The number of amides is 1. The largest absolute Gasteiger partial charge is 0.492 e. The Labute approximate surface area is 126 Å². The quantitative estimate of drug-likeness (QED) is 0.435. The molecular weight excluding hydrogens is 266 g/mol. The van der Waals surface area contributed by atoms with Crippen molar-refractivity contribution in [3.05, 3.63) is 29.8 Å². The lowest BCUT2D eigenvalue weighted by Crippen LogP contribution is -2.33. The third-order valence-corrected chi connectivity index (χ3v) is 3.54. The Morgan fingerprint density at radius 2 is 2.24 bits per heavy atom. The average Bonchev–Trinajstić information content (AvgIpc) is 3.30. The summed E-state index contributed by atoms with van der Waals surface area (Å²) in [4.78, 5) is 14.0. The van der Waals surface area contributed by atoms with Crippen molar-refractivity contribution in [2.45, 2.75) is 32.7 Å². The van der Waals surface area contributed by atoms with Crippen LogP contribution in [0.5, 0.6) is 5.75 Å². The molecule has 1 aliphatic carbocycles. The summed E-state index contributed by atoms with van der Waals surface area (Å²) >= 11 is 0. The predicted molar refractivity (Wildman–Crippen MR) is 83.0 cm³/mol. The summed E-state index contributed by atoms with van der Waals surface area (Å²) in [6, 6.07) is 7.82. The first-order valence-electron chi connectivity index (χ1n) is 7.58. The molecule has 0 spiro atoms. The Morgan fingerprint density at radius 3 is 2.86 bits per heavy atom. The molecule has 0 heterocycles. The number of nitrogen functional groups attached to an aromatic ring is 1. The lowest BCUT2D eigenvalue weighted by Gasteiger charge is -2.24. The van der Waals surface area contributed by atoms with Crippen molar-refractivity contribution >= 4 is 5.91 Å². The van der Waals surface area contributed by atoms with Gasteiger partial charge in [-0.05, 0) is 37.0 Å². The van der Waals surface area contributed by atoms with Gasteiger partial charge in [-0.25, -0.2) is 5.84 Å². The van der Waals surface area contributed by atoms with Crippen LogP contribution in [-0.4, -0.2) is 36.5 Å². The maximum absolute atomic E-state index is 11.5. The second-order valence-electron chi connectivity index (χ2n) is 5.97. The number of hydrogen-bond acceptors (Lipinski definition) is 4. The highest BCUT2D eigenvalue weighted by Crippen LogP contribution is 2.27. The molecule has 5 nitrogen and oxygen atoms in total. The number of hydrazine groups is 1. The molecule has 0 saturated heterocycles. The zero-order valence-corrected chi connectivity index (χ0v) is 12.8. The average molecular weight is 291 g/mol. The van der Waals surface area contributed by atoms with Crippen molar-refractivity contribution in [1.82, 2.24) is 10.3 Å². The highest BCUT2D eigenvalue weighted by molar-refractivity contribution is 5.94. The van der Waals surface area contributed by atoms with Gasteiger partial charge in [0.1, 0.15) is 12.4 Å². The minimum Gasteiger partial charge on any atom is -0.492 e. The first-order valence-corrected chi connectivity index (χ1v) is 7.58. The third-order valence-electron chi connectivity index (χ3n) is 3.54. The van der Waals surface area contributed by atoms with Crippen LogP contribution in [0, 0.1) is 5.92 Å². The van der Waals surface area contributed by atoms with Crippen LogP contribution in [-0.2, 0) is 0 Å². The van der Waals surface area contributed by atoms with Crippen molar-refractivity contribution in [2.24, 2.45) is 11.8 Å². The fourth-order valence-corrected chi connectivity index (χ4v) is 2.42. The molecule has 3 N–H and O–H groups in total. The molecule has 1 amide bonds. The summed E-state index contributed by atoms with van der Waals surface area (Å²) in [6.45, 7) is 7.16. The lowest BCUT2D eigenvalue weighted by molar-refractivity contribution is 0.0953. The van der Waals surface area contributed by atoms with Crippen LogP contribution in [0.25, 0.3) is 0 Å². The molecule has 0 radical (unpaired) electrons. The van der Waals surface area contributed by atoms with Gasteiger partial charge < -0.3 is 4.74 Å². The van der Waals surface area contributed by atoms with Crippen LogP contribution >= 0.6 is 0 Å². The van der Waals surface area contributed by atoms with E-state index in [1.165, 1.54) is 12.8 Å². The van der Waals surface area contributed by atoms with E-state index in [9.17, 15) is 4.79 Å². The van der Waals surface area contributed by atoms with Gasteiger partial charge in [-0.15, -0.1) is 0 Å². The Balaban J connectivity index is 1.83. The number of carbonyl (C=O) groups excluding carboxylic acids is 1. The summed E-state index contributed by atoms with van der Waals surface area (Å²) in [5, 5.41) is 0. The summed E-state index contributed by atoms with van der Waals surface area (Å²) in [5.74, 6) is 6.20. The van der Waals surface area contributed by atoms with Crippen LogP contribution in [0.1, 0.15) is 37.0 Å². The van der Waals surface area contributed by atoms with Gasteiger partial charge in [-0.2, -0.15) is 0 Å². The molecule has 0 atom stereocenters. The van der Waals surface area contributed by atoms with Gasteiger partial charge >= 0.3 is 0 Å². The highest BCUT2D eigenvalue weighted by Gasteiger charge is 2.28. The van der Waals surface area contributed by atoms with E-state index >= 15 is 0 Å². The maximum Gasteiger partial charge on any atom is 0.265 e. The van der Waals surface area contributed by atoms with Gasteiger partial charge in [0.25, 0.3) is 5.91 Å². The van der Waals surface area contributed by atoms with Crippen molar-refractivity contribution in [3.8, 4) is 5.75 Å².